The Labute approximate surface area is 238 Å². The molecule has 0 saturated heterocycles. The zero-order valence-electron chi connectivity index (χ0n) is 25.2. The molecule has 202 valence electrons. The summed E-state index contributed by atoms with van der Waals surface area (Å²) in [5, 5.41) is 2.64. The molecule has 0 aliphatic rings. The van der Waals surface area contributed by atoms with Crippen LogP contribution in [0.5, 0.6) is 0 Å². The number of fused-ring (bicyclic) bond motifs is 3. The fourth-order valence-electron chi connectivity index (χ4n) is 5.33. The Kier molecular flexibility index (Phi) is 6.54. The maximum absolute atomic E-state index is 4.83. The highest BCUT2D eigenvalue weighted by Crippen LogP contribution is 2.41. The van der Waals surface area contributed by atoms with Crippen LogP contribution in [0, 0.1) is 0 Å². The van der Waals surface area contributed by atoms with Crippen molar-refractivity contribution in [2.45, 2.75) is 90.9 Å². The molecule has 0 bridgehead atoms. The monoisotopic (exact) mass is 534 g/mol. The molecule has 5 rings (SSSR count). The van der Waals surface area contributed by atoms with Crippen molar-refractivity contribution in [3.8, 4) is 0 Å². The van der Waals surface area contributed by atoms with E-state index in [1.165, 1.54) is 42.4 Å². The van der Waals surface area contributed by atoms with E-state index < -0.39 is 0 Å². The van der Waals surface area contributed by atoms with Crippen LogP contribution in [0.15, 0.2) is 73.1 Å². The lowest BCUT2D eigenvalue weighted by Crippen LogP contribution is -2.22. The summed E-state index contributed by atoms with van der Waals surface area (Å²) in [7, 11) is 0. The fourth-order valence-corrected chi connectivity index (χ4v) is 6.40. The van der Waals surface area contributed by atoms with Gasteiger partial charge in [-0.1, -0.05) is 81.4 Å². The van der Waals surface area contributed by atoms with E-state index in [1.807, 2.05) is 23.7 Å². The molecule has 39 heavy (non-hydrogen) atoms. The first-order valence-electron chi connectivity index (χ1n) is 14.0. The molecule has 0 aliphatic heterocycles. The molecule has 3 aromatic heterocycles. The van der Waals surface area contributed by atoms with Gasteiger partial charge in [0.25, 0.3) is 0 Å². The SMILES string of the molecule is CC(C)(C)c1ccnc(C(C)(C)c2ccc3sc4ccc(C(C)(C)c5cc(C(C)(C)C)ccn5)cc4c3c2)c1. The molecule has 0 unspecified atom stereocenters. The van der Waals surface area contributed by atoms with Crippen LogP contribution in [-0.4, -0.2) is 9.97 Å². The largest absolute Gasteiger partial charge is 0.260 e. The Bertz CT molecular complexity index is 1550. The van der Waals surface area contributed by atoms with Crippen LogP contribution in [-0.2, 0) is 21.7 Å². The number of aromatic nitrogens is 2. The van der Waals surface area contributed by atoms with E-state index in [2.05, 4.69) is 130 Å². The number of rotatable bonds is 4. The van der Waals surface area contributed by atoms with Crippen molar-refractivity contribution in [3.05, 3.63) is 107 Å². The van der Waals surface area contributed by atoms with Gasteiger partial charge >= 0.3 is 0 Å². The van der Waals surface area contributed by atoms with Crippen LogP contribution in [0.3, 0.4) is 0 Å². The van der Waals surface area contributed by atoms with Gasteiger partial charge in [0.1, 0.15) is 0 Å². The van der Waals surface area contributed by atoms with Gasteiger partial charge in [0.15, 0.2) is 0 Å². The molecule has 0 saturated carbocycles. The molecule has 5 aromatic rings. The molecule has 0 N–H and O–H groups in total. The molecule has 0 fully saturated rings. The van der Waals surface area contributed by atoms with E-state index in [4.69, 9.17) is 9.97 Å². The summed E-state index contributed by atoms with van der Waals surface area (Å²) in [6.45, 7) is 22.7. The quantitative estimate of drug-likeness (QED) is 0.229. The summed E-state index contributed by atoms with van der Waals surface area (Å²) >= 11 is 1.87. The first kappa shape index (κ1) is 27.5. The van der Waals surface area contributed by atoms with Gasteiger partial charge in [-0.05, 0) is 81.6 Å². The Balaban J connectivity index is 1.61. The van der Waals surface area contributed by atoms with Crippen molar-refractivity contribution < 1.29 is 0 Å². The van der Waals surface area contributed by atoms with Gasteiger partial charge in [-0.3, -0.25) is 9.97 Å². The summed E-state index contributed by atoms with van der Waals surface area (Å²) in [6, 6.07) is 22.8. The van der Waals surface area contributed by atoms with E-state index in [-0.39, 0.29) is 21.7 Å². The molecular formula is C36H42N2S. The van der Waals surface area contributed by atoms with Crippen molar-refractivity contribution in [2.75, 3.05) is 0 Å². The average molecular weight is 535 g/mol. The van der Waals surface area contributed by atoms with Gasteiger partial charge < -0.3 is 0 Å². The molecule has 0 atom stereocenters. The van der Waals surface area contributed by atoms with Crippen LogP contribution in [0.1, 0.15) is 103 Å². The lowest BCUT2D eigenvalue weighted by molar-refractivity contribution is 0.574. The Morgan fingerprint density at radius 1 is 0.462 bits per heavy atom. The molecule has 3 heterocycles. The normalized spacial score (nSPS) is 13.4. The molecule has 0 aliphatic carbocycles. The molecule has 3 heteroatoms. The number of hydrogen-bond acceptors (Lipinski definition) is 3. The second-order valence-electron chi connectivity index (χ2n) is 14.1. The van der Waals surface area contributed by atoms with Crippen LogP contribution < -0.4 is 0 Å². The Hall–Kier alpha value is -3.04. The highest BCUT2D eigenvalue weighted by atomic mass is 32.1. The molecule has 0 spiro atoms. The van der Waals surface area contributed by atoms with Crippen LogP contribution in [0.2, 0.25) is 0 Å². The van der Waals surface area contributed by atoms with Gasteiger partial charge in [-0.25, -0.2) is 0 Å². The highest BCUT2D eigenvalue weighted by molar-refractivity contribution is 7.25. The second-order valence-corrected chi connectivity index (χ2v) is 15.2. The predicted octanol–water partition coefficient (Wildman–Crippen LogP) is 10.1. The zero-order chi connectivity index (χ0) is 28.4. The standard InChI is InChI=1S/C36H42N2S/c1-33(2,3)23-15-17-37-31(21-23)35(7,8)25-11-13-29-27(19-25)28-20-26(12-14-30(28)39-29)36(9,10)32-22-24(16-18-38-32)34(4,5)6/h11-22H,1-10H3. The van der Waals surface area contributed by atoms with Gasteiger partial charge in [-0.15, -0.1) is 11.3 Å². The lowest BCUT2D eigenvalue weighted by atomic mass is 9.77. The number of pyridine rings is 2. The Morgan fingerprint density at radius 3 is 1.21 bits per heavy atom. The van der Waals surface area contributed by atoms with Crippen molar-refractivity contribution in [1.82, 2.24) is 9.97 Å². The molecule has 0 amide bonds. The molecule has 2 aromatic carbocycles. The Morgan fingerprint density at radius 2 is 0.846 bits per heavy atom. The third kappa shape index (κ3) is 5.02. The van der Waals surface area contributed by atoms with Gasteiger partial charge in [0.05, 0.1) is 11.4 Å². The third-order valence-electron chi connectivity index (χ3n) is 8.45. The van der Waals surface area contributed by atoms with Crippen molar-refractivity contribution in [3.63, 3.8) is 0 Å². The first-order valence-corrected chi connectivity index (χ1v) is 14.8. The van der Waals surface area contributed by atoms with E-state index in [9.17, 15) is 0 Å². The van der Waals surface area contributed by atoms with Crippen molar-refractivity contribution in [1.29, 1.82) is 0 Å². The zero-order valence-corrected chi connectivity index (χ0v) is 26.0. The second kappa shape index (κ2) is 9.27. The average Bonchev–Trinajstić information content (AvgIpc) is 3.25. The summed E-state index contributed by atoms with van der Waals surface area (Å²) in [5.74, 6) is 0. The van der Waals surface area contributed by atoms with Crippen molar-refractivity contribution >= 4 is 31.5 Å². The summed E-state index contributed by atoms with van der Waals surface area (Å²) < 4.78 is 2.65. The topological polar surface area (TPSA) is 25.8 Å². The highest BCUT2D eigenvalue weighted by Gasteiger charge is 2.29. The van der Waals surface area contributed by atoms with Crippen LogP contribution in [0.25, 0.3) is 20.2 Å². The number of thiophene rings is 1. The summed E-state index contributed by atoms with van der Waals surface area (Å²) in [6.07, 6.45) is 3.93. The number of benzene rings is 2. The minimum atomic E-state index is -0.210. The minimum Gasteiger partial charge on any atom is -0.260 e. The van der Waals surface area contributed by atoms with E-state index >= 15 is 0 Å². The van der Waals surface area contributed by atoms with Crippen LogP contribution in [0.4, 0.5) is 0 Å². The van der Waals surface area contributed by atoms with Gasteiger partial charge in [0, 0.05) is 43.4 Å². The first-order chi connectivity index (χ1) is 18.1. The van der Waals surface area contributed by atoms with Crippen molar-refractivity contribution in [2.24, 2.45) is 0 Å². The van der Waals surface area contributed by atoms with Gasteiger partial charge in [-0.2, -0.15) is 0 Å². The van der Waals surface area contributed by atoms with Gasteiger partial charge in [0.2, 0.25) is 0 Å². The molecular weight excluding hydrogens is 492 g/mol. The minimum absolute atomic E-state index is 0.0890. The summed E-state index contributed by atoms with van der Waals surface area (Å²) in [4.78, 5) is 9.66. The fraction of sp³-hybridized carbons (Fsp3) is 0.389. The number of nitrogens with zero attached hydrogens (tertiary/aromatic N) is 2. The van der Waals surface area contributed by atoms with Crippen LogP contribution >= 0.6 is 11.3 Å². The molecule has 2 nitrogen and oxygen atoms in total. The maximum atomic E-state index is 4.83. The van der Waals surface area contributed by atoms with E-state index in [0.29, 0.717) is 0 Å². The van der Waals surface area contributed by atoms with E-state index in [1.54, 1.807) is 0 Å². The predicted molar refractivity (Wildman–Crippen MR) is 169 cm³/mol. The number of hydrogen-bond donors (Lipinski definition) is 0. The summed E-state index contributed by atoms with van der Waals surface area (Å²) in [5.41, 5.74) is 7.20. The lowest BCUT2D eigenvalue weighted by Gasteiger charge is -2.28. The maximum Gasteiger partial charge on any atom is 0.0506 e. The third-order valence-corrected chi connectivity index (χ3v) is 9.60. The molecule has 0 radical (unpaired) electrons. The smallest absolute Gasteiger partial charge is 0.0506 e. The van der Waals surface area contributed by atoms with E-state index in [0.717, 1.165) is 11.4 Å².